The zero-order chi connectivity index (χ0) is 17.3. The molecule has 0 bridgehead atoms. The van der Waals surface area contributed by atoms with Crippen molar-refractivity contribution in [2.24, 2.45) is 0 Å². The average Bonchev–Trinajstić information content (AvgIpc) is 2.86. The van der Waals surface area contributed by atoms with Gasteiger partial charge in [-0.15, -0.1) is 0 Å². The summed E-state index contributed by atoms with van der Waals surface area (Å²) in [6.07, 6.45) is 0.352. The number of nitrogens with zero attached hydrogens (tertiary/aromatic N) is 1. The normalized spacial score (nSPS) is 15.0. The summed E-state index contributed by atoms with van der Waals surface area (Å²) in [5, 5.41) is 0.414. The molecule has 1 N–H and O–H groups in total. The zero-order valence-corrected chi connectivity index (χ0v) is 14.0. The second-order valence-corrected chi connectivity index (χ2v) is 7.35. The lowest BCUT2D eigenvalue weighted by atomic mass is 10.3. The van der Waals surface area contributed by atoms with E-state index >= 15 is 0 Å². The van der Waals surface area contributed by atoms with Crippen molar-refractivity contribution >= 4 is 44.8 Å². The van der Waals surface area contributed by atoms with E-state index in [0.29, 0.717) is 16.4 Å². The van der Waals surface area contributed by atoms with Gasteiger partial charge in [-0.2, -0.15) is 0 Å². The van der Waals surface area contributed by atoms with Crippen molar-refractivity contribution < 1.29 is 18.0 Å². The highest BCUT2D eigenvalue weighted by Crippen LogP contribution is 2.25. The fourth-order valence-electron chi connectivity index (χ4n) is 2.40. The van der Waals surface area contributed by atoms with Gasteiger partial charge in [0, 0.05) is 17.9 Å². The Balaban J connectivity index is 1.84. The summed E-state index contributed by atoms with van der Waals surface area (Å²) in [6, 6.07) is 11.9. The topological polar surface area (TPSA) is 83.6 Å². The van der Waals surface area contributed by atoms with Gasteiger partial charge in [-0.05, 0) is 42.5 Å². The highest BCUT2D eigenvalue weighted by atomic mass is 35.5. The number of sulfonamides is 1. The third-order valence-electron chi connectivity index (χ3n) is 3.53. The number of anilines is 2. The maximum atomic E-state index is 12.4. The van der Waals surface area contributed by atoms with Crippen molar-refractivity contribution in [3.63, 3.8) is 0 Å². The van der Waals surface area contributed by atoms with Crippen LogP contribution in [0.3, 0.4) is 0 Å². The summed E-state index contributed by atoms with van der Waals surface area (Å²) in [4.78, 5) is 24.5. The molecule has 0 atom stereocenters. The molecule has 0 saturated carbocycles. The highest BCUT2D eigenvalue weighted by Gasteiger charge is 2.30. The highest BCUT2D eigenvalue weighted by molar-refractivity contribution is 7.92. The molecule has 2 amide bonds. The van der Waals surface area contributed by atoms with E-state index in [9.17, 15) is 18.0 Å². The Kier molecular flexibility index (Phi) is 4.29. The number of nitrogens with one attached hydrogen (secondary N) is 1. The number of amides is 2. The molecule has 1 saturated heterocycles. The first kappa shape index (κ1) is 16.5. The molecule has 1 aliphatic rings. The summed E-state index contributed by atoms with van der Waals surface area (Å²) >= 11 is 5.84. The van der Waals surface area contributed by atoms with Crippen LogP contribution in [0.2, 0.25) is 5.02 Å². The number of rotatable bonds is 4. The van der Waals surface area contributed by atoms with Crippen molar-refractivity contribution in [3.8, 4) is 0 Å². The Morgan fingerprint density at radius 2 is 1.58 bits per heavy atom. The lowest BCUT2D eigenvalue weighted by molar-refractivity contribution is -0.121. The number of hydrogen-bond donors (Lipinski definition) is 1. The molecule has 8 heteroatoms. The van der Waals surface area contributed by atoms with E-state index in [1.54, 1.807) is 18.2 Å². The number of carbonyl (C=O) groups is 2. The first-order valence-corrected chi connectivity index (χ1v) is 8.97. The van der Waals surface area contributed by atoms with E-state index in [1.165, 1.54) is 30.3 Å². The molecule has 2 aromatic rings. The van der Waals surface area contributed by atoms with Gasteiger partial charge in [0.15, 0.2) is 0 Å². The maximum Gasteiger partial charge on any atom is 0.261 e. The molecule has 0 radical (unpaired) electrons. The van der Waals surface area contributed by atoms with Gasteiger partial charge in [0.05, 0.1) is 16.3 Å². The van der Waals surface area contributed by atoms with Crippen LogP contribution >= 0.6 is 11.6 Å². The van der Waals surface area contributed by atoms with Crippen LogP contribution in [0.4, 0.5) is 11.4 Å². The third kappa shape index (κ3) is 3.27. The van der Waals surface area contributed by atoms with Gasteiger partial charge in [-0.3, -0.25) is 19.2 Å². The largest absolute Gasteiger partial charge is 0.280 e. The summed E-state index contributed by atoms with van der Waals surface area (Å²) in [5.74, 6) is -0.569. The van der Waals surface area contributed by atoms with Gasteiger partial charge in [-0.25, -0.2) is 8.42 Å². The second kappa shape index (κ2) is 6.26. The minimum atomic E-state index is -3.79. The van der Waals surface area contributed by atoms with Crippen molar-refractivity contribution in [2.75, 3.05) is 9.62 Å². The summed E-state index contributed by atoms with van der Waals surface area (Å²) in [6.45, 7) is 0. The SMILES string of the molecule is O=C1CCC(=O)N1c1ccc(S(=O)(=O)Nc2cccc(Cl)c2)cc1. The average molecular weight is 365 g/mol. The molecule has 1 heterocycles. The van der Waals surface area contributed by atoms with Crippen LogP contribution in [0, 0.1) is 0 Å². The van der Waals surface area contributed by atoms with Crippen molar-refractivity contribution in [1.29, 1.82) is 0 Å². The van der Waals surface area contributed by atoms with Crippen LogP contribution in [-0.2, 0) is 19.6 Å². The Morgan fingerprint density at radius 3 is 2.17 bits per heavy atom. The van der Waals surface area contributed by atoms with Crippen LogP contribution in [0.1, 0.15) is 12.8 Å². The molecule has 0 aromatic heterocycles. The lowest BCUT2D eigenvalue weighted by Crippen LogP contribution is -2.28. The maximum absolute atomic E-state index is 12.4. The molecule has 0 aliphatic carbocycles. The predicted octanol–water partition coefficient (Wildman–Crippen LogP) is 2.79. The molecular formula is C16H13ClN2O4S. The van der Waals surface area contributed by atoms with Crippen molar-refractivity contribution in [2.45, 2.75) is 17.7 Å². The molecule has 124 valence electrons. The first-order chi connectivity index (χ1) is 11.4. The third-order valence-corrected chi connectivity index (χ3v) is 5.17. The Labute approximate surface area is 144 Å². The lowest BCUT2D eigenvalue weighted by Gasteiger charge is -2.14. The van der Waals surface area contributed by atoms with Crippen molar-refractivity contribution in [1.82, 2.24) is 0 Å². The van der Waals surface area contributed by atoms with Crippen LogP contribution in [0.25, 0.3) is 0 Å². The molecule has 0 unspecified atom stereocenters. The zero-order valence-electron chi connectivity index (χ0n) is 12.4. The minimum Gasteiger partial charge on any atom is -0.280 e. The minimum absolute atomic E-state index is 0.0188. The van der Waals surface area contributed by atoms with E-state index < -0.39 is 10.0 Å². The summed E-state index contributed by atoms with van der Waals surface area (Å²) in [5.41, 5.74) is 0.709. The van der Waals surface area contributed by atoms with Gasteiger partial charge in [0.2, 0.25) is 11.8 Å². The molecule has 24 heavy (non-hydrogen) atoms. The number of benzene rings is 2. The quantitative estimate of drug-likeness (QED) is 0.845. The fraction of sp³-hybridized carbons (Fsp3) is 0.125. The van der Waals surface area contributed by atoms with Gasteiger partial charge in [-0.1, -0.05) is 17.7 Å². The van der Waals surface area contributed by atoms with Crippen LogP contribution in [-0.4, -0.2) is 20.2 Å². The van der Waals surface area contributed by atoms with E-state index in [1.807, 2.05) is 0 Å². The van der Waals surface area contributed by atoms with Crippen LogP contribution in [0.5, 0.6) is 0 Å². The molecule has 2 aromatic carbocycles. The molecule has 1 fully saturated rings. The number of halogens is 1. The molecule has 1 aliphatic heterocycles. The number of imide groups is 1. The van der Waals surface area contributed by atoms with Gasteiger partial charge in [0.25, 0.3) is 10.0 Å². The monoisotopic (exact) mass is 364 g/mol. The summed E-state index contributed by atoms with van der Waals surface area (Å²) in [7, 11) is -3.79. The van der Waals surface area contributed by atoms with Crippen molar-refractivity contribution in [3.05, 3.63) is 53.6 Å². The van der Waals surface area contributed by atoms with Gasteiger partial charge < -0.3 is 0 Å². The number of carbonyl (C=O) groups excluding carboxylic acids is 2. The van der Waals surface area contributed by atoms with Gasteiger partial charge in [0.1, 0.15) is 0 Å². The summed E-state index contributed by atoms with van der Waals surface area (Å²) < 4.78 is 27.2. The van der Waals surface area contributed by atoms with Crippen LogP contribution in [0.15, 0.2) is 53.4 Å². The number of hydrogen-bond acceptors (Lipinski definition) is 4. The van der Waals surface area contributed by atoms with E-state index in [-0.39, 0.29) is 29.6 Å². The predicted molar refractivity (Wildman–Crippen MR) is 90.4 cm³/mol. The van der Waals surface area contributed by atoms with Crippen LogP contribution < -0.4 is 9.62 Å². The Bertz CT molecular complexity index is 894. The molecular weight excluding hydrogens is 352 g/mol. The molecule has 6 nitrogen and oxygen atoms in total. The van der Waals surface area contributed by atoms with E-state index in [4.69, 9.17) is 11.6 Å². The Hall–Kier alpha value is -2.38. The van der Waals surface area contributed by atoms with E-state index in [2.05, 4.69) is 4.72 Å². The second-order valence-electron chi connectivity index (χ2n) is 5.23. The van der Waals surface area contributed by atoms with Gasteiger partial charge >= 0.3 is 0 Å². The molecule has 3 rings (SSSR count). The standard InChI is InChI=1S/C16H13ClN2O4S/c17-11-2-1-3-12(10-11)18-24(22,23)14-6-4-13(5-7-14)19-15(20)8-9-16(19)21/h1-7,10,18H,8-9H2. The Morgan fingerprint density at radius 1 is 0.958 bits per heavy atom. The smallest absolute Gasteiger partial charge is 0.261 e. The first-order valence-electron chi connectivity index (χ1n) is 7.11. The molecule has 0 spiro atoms. The van der Waals surface area contributed by atoms with E-state index in [0.717, 1.165) is 4.90 Å². The fourth-order valence-corrected chi connectivity index (χ4v) is 3.64.